The number of rotatable bonds is 3. The number of aryl methyl sites for hydroxylation is 1. The van der Waals surface area contributed by atoms with Crippen LogP contribution in [0.1, 0.15) is 35.6 Å². The average molecular weight is 224 g/mol. The van der Waals surface area contributed by atoms with Crippen LogP contribution in [-0.4, -0.2) is 10.9 Å². The van der Waals surface area contributed by atoms with Crippen molar-refractivity contribution in [3.63, 3.8) is 0 Å². The Labute approximate surface area is 93.9 Å². The number of hydrogen-bond donors (Lipinski definition) is 1. The maximum atomic E-state index is 11.7. The lowest BCUT2D eigenvalue weighted by atomic mass is 10.1. The predicted octanol–water partition coefficient (Wildman–Crippen LogP) is 2.26. The summed E-state index contributed by atoms with van der Waals surface area (Å²) in [5.74, 6) is 0.464. The second kappa shape index (κ2) is 4.75. The van der Waals surface area contributed by atoms with Crippen LogP contribution >= 0.6 is 11.3 Å². The predicted molar refractivity (Wildman–Crippen MR) is 60.7 cm³/mol. The zero-order valence-electron chi connectivity index (χ0n) is 8.95. The number of nitrogens with zero attached hydrogens (tertiary/aromatic N) is 1. The Bertz CT molecular complexity index is 342. The number of hydrogen-bond acceptors (Lipinski definition) is 3. The van der Waals surface area contributed by atoms with E-state index in [9.17, 15) is 4.79 Å². The van der Waals surface area contributed by atoms with Gasteiger partial charge in [0.2, 0.25) is 5.91 Å². The normalized spacial score (nSPS) is 16.9. The summed E-state index contributed by atoms with van der Waals surface area (Å²) < 4.78 is 0. The minimum absolute atomic E-state index is 0.209. The van der Waals surface area contributed by atoms with Crippen LogP contribution in [0.5, 0.6) is 0 Å². The van der Waals surface area contributed by atoms with Crippen LogP contribution in [0.3, 0.4) is 0 Å². The van der Waals surface area contributed by atoms with Gasteiger partial charge in [-0.3, -0.25) is 4.79 Å². The minimum Gasteiger partial charge on any atom is -0.349 e. The Hall–Kier alpha value is -0.900. The Morgan fingerprint density at radius 2 is 2.33 bits per heavy atom. The molecule has 0 radical (unpaired) electrons. The molecule has 1 fully saturated rings. The Balaban J connectivity index is 1.80. The Morgan fingerprint density at radius 3 is 2.93 bits per heavy atom. The van der Waals surface area contributed by atoms with E-state index in [0.717, 1.165) is 17.8 Å². The maximum Gasteiger partial charge on any atom is 0.223 e. The molecule has 0 atom stereocenters. The molecule has 3 nitrogen and oxygen atoms in total. The van der Waals surface area contributed by atoms with Gasteiger partial charge in [-0.05, 0) is 19.8 Å². The van der Waals surface area contributed by atoms with Crippen molar-refractivity contribution < 1.29 is 4.79 Å². The molecule has 0 saturated heterocycles. The number of carbonyl (C=O) groups excluding carboxylic acids is 1. The first-order valence-corrected chi connectivity index (χ1v) is 6.26. The number of thiazole rings is 1. The standard InChI is InChI=1S/C11H16N2OS/c1-8-6-12-10(15-8)7-13-11(14)9-4-2-3-5-9/h6,9H,2-5,7H2,1H3,(H,13,14). The van der Waals surface area contributed by atoms with E-state index in [-0.39, 0.29) is 11.8 Å². The van der Waals surface area contributed by atoms with Gasteiger partial charge in [-0.15, -0.1) is 11.3 Å². The molecule has 4 heteroatoms. The highest BCUT2D eigenvalue weighted by molar-refractivity contribution is 7.11. The zero-order valence-corrected chi connectivity index (χ0v) is 9.77. The van der Waals surface area contributed by atoms with Crippen molar-refractivity contribution in [1.82, 2.24) is 10.3 Å². The third kappa shape index (κ3) is 2.78. The van der Waals surface area contributed by atoms with Gasteiger partial charge in [-0.2, -0.15) is 0 Å². The van der Waals surface area contributed by atoms with E-state index in [1.165, 1.54) is 17.7 Å². The summed E-state index contributed by atoms with van der Waals surface area (Å²) in [5.41, 5.74) is 0. The first kappa shape index (κ1) is 10.6. The minimum atomic E-state index is 0.209. The molecule has 1 aromatic heterocycles. The number of carbonyl (C=O) groups is 1. The van der Waals surface area contributed by atoms with Crippen LogP contribution in [0.15, 0.2) is 6.20 Å². The highest BCUT2D eigenvalue weighted by Crippen LogP contribution is 2.24. The van der Waals surface area contributed by atoms with Gasteiger partial charge in [-0.25, -0.2) is 4.98 Å². The van der Waals surface area contributed by atoms with Gasteiger partial charge in [-0.1, -0.05) is 12.8 Å². The highest BCUT2D eigenvalue weighted by atomic mass is 32.1. The first-order chi connectivity index (χ1) is 7.25. The lowest BCUT2D eigenvalue weighted by Gasteiger charge is -2.08. The van der Waals surface area contributed by atoms with E-state index in [1.807, 2.05) is 13.1 Å². The topological polar surface area (TPSA) is 42.0 Å². The molecule has 1 heterocycles. The monoisotopic (exact) mass is 224 g/mol. The molecule has 1 aromatic rings. The van der Waals surface area contributed by atoms with E-state index < -0.39 is 0 Å². The van der Waals surface area contributed by atoms with E-state index >= 15 is 0 Å². The van der Waals surface area contributed by atoms with Gasteiger partial charge in [0, 0.05) is 17.0 Å². The first-order valence-electron chi connectivity index (χ1n) is 5.45. The van der Waals surface area contributed by atoms with Crippen molar-refractivity contribution in [2.75, 3.05) is 0 Å². The summed E-state index contributed by atoms with van der Waals surface area (Å²) in [4.78, 5) is 17.1. The van der Waals surface area contributed by atoms with E-state index in [4.69, 9.17) is 0 Å². The zero-order chi connectivity index (χ0) is 10.7. The molecule has 1 amide bonds. The third-order valence-corrected chi connectivity index (χ3v) is 3.72. The van der Waals surface area contributed by atoms with Crippen LogP contribution < -0.4 is 5.32 Å². The molecule has 2 rings (SSSR count). The maximum absolute atomic E-state index is 11.7. The molecule has 82 valence electrons. The Kier molecular flexibility index (Phi) is 3.36. The van der Waals surface area contributed by atoms with E-state index in [1.54, 1.807) is 11.3 Å². The van der Waals surface area contributed by atoms with Crippen molar-refractivity contribution in [2.45, 2.75) is 39.2 Å². The summed E-state index contributed by atoms with van der Waals surface area (Å²) in [6.07, 6.45) is 6.37. The van der Waals surface area contributed by atoms with Crippen molar-refractivity contribution in [1.29, 1.82) is 0 Å². The summed E-state index contributed by atoms with van der Waals surface area (Å²) in [6.45, 7) is 2.62. The quantitative estimate of drug-likeness (QED) is 0.855. The lowest BCUT2D eigenvalue weighted by molar-refractivity contribution is -0.124. The molecule has 1 aliphatic rings. The summed E-state index contributed by atoms with van der Waals surface area (Å²) in [6, 6.07) is 0. The summed E-state index contributed by atoms with van der Waals surface area (Å²) in [5, 5.41) is 3.96. The van der Waals surface area contributed by atoms with Crippen molar-refractivity contribution in [2.24, 2.45) is 5.92 Å². The molecule has 0 aromatic carbocycles. The molecule has 0 aliphatic heterocycles. The lowest BCUT2D eigenvalue weighted by Crippen LogP contribution is -2.28. The average Bonchev–Trinajstić information content (AvgIpc) is 2.84. The van der Waals surface area contributed by atoms with Crippen molar-refractivity contribution >= 4 is 17.2 Å². The Morgan fingerprint density at radius 1 is 1.60 bits per heavy atom. The van der Waals surface area contributed by atoms with Gasteiger partial charge in [0.05, 0.1) is 6.54 Å². The van der Waals surface area contributed by atoms with Gasteiger partial charge < -0.3 is 5.32 Å². The largest absolute Gasteiger partial charge is 0.349 e. The van der Waals surface area contributed by atoms with Crippen LogP contribution in [0.25, 0.3) is 0 Å². The summed E-state index contributed by atoms with van der Waals surface area (Å²) in [7, 11) is 0. The van der Waals surface area contributed by atoms with Gasteiger partial charge in [0.1, 0.15) is 5.01 Å². The van der Waals surface area contributed by atoms with Gasteiger partial charge >= 0.3 is 0 Å². The number of amides is 1. The molecule has 1 N–H and O–H groups in total. The van der Waals surface area contributed by atoms with Crippen LogP contribution in [0.4, 0.5) is 0 Å². The molecule has 15 heavy (non-hydrogen) atoms. The molecule has 0 spiro atoms. The summed E-state index contributed by atoms with van der Waals surface area (Å²) >= 11 is 1.65. The number of aromatic nitrogens is 1. The molecular formula is C11H16N2OS. The highest BCUT2D eigenvalue weighted by Gasteiger charge is 2.22. The smallest absolute Gasteiger partial charge is 0.223 e. The van der Waals surface area contributed by atoms with Crippen molar-refractivity contribution in [3.05, 3.63) is 16.1 Å². The second-order valence-corrected chi connectivity index (χ2v) is 5.38. The van der Waals surface area contributed by atoms with E-state index in [0.29, 0.717) is 6.54 Å². The second-order valence-electron chi connectivity index (χ2n) is 4.06. The van der Waals surface area contributed by atoms with Crippen LogP contribution in [0.2, 0.25) is 0 Å². The molecule has 1 saturated carbocycles. The fourth-order valence-corrected chi connectivity index (χ4v) is 2.71. The molecule has 1 aliphatic carbocycles. The SMILES string of the molecule is Cc1cnc(CNC(=O)C2CCCC2)s1. The van der Waals surface area contributed by atoms with Crippen molar-refractivity contribution in [3.8, 4) is 0 Å². The molecular weight excluding hydrogens is 208 g/mol. The van der Waals surface area contributed by atoms with Gasteiger partial charge in [0.15, 0.2) is 0 Å². The fraction of sp³-hybridized carbons (Fsp3) is 0.636. The fourth-order valence-electron chi connectivity index (χ4n) is 1.98. The van der Waals surface area contributed by atoms with Crippen LogP contribution in [0, 0.1) is 12.8 Å². The van der Waals surface area contributed by atoms with E-state index in [2.05, 4.69) is 10.3 Å². The molecule has 0 bridgehead atoms. The van der Waals surface area contributed by atoms with Crippen LogP contribution in [-0.2, 0) is 11.3 Å². The van der Waals surface area contributed by atoms with Gasteiger partial charge in [0.25, 0.3) is 0 Å². The third-order valence-electron chi connectivity index (χ3n) is 2.81. The number of nitrogens with one attached hydrogen (secondary N) is 1. The molecule has 0 unspecified atom stereocenters.